The monoisotopic (exact) mass is 287 g/mol. The van der Waals surface area contributed by atoms with Crippen LogP contribution in [0.4, 0.5) is 5.69 Å². The number of H-pyrrole nitrogens is 1. The number of thioether (sulfide) groups is 1. The third-order valence-corrected chi connectivity index (χ3v) is 5.13. The van der Waals surface area contributed by atoms with E-state index in [1.54, 1.807) is 11.8 Å². The minimum atomic E-state index is 0.252. The molecule has 2 atom stereocenters. The number of nitrogens with zero attached hydrogens (tertiary/aromatic N) is 4. The Hall–Kier alpha value is -1.69. The van der Waals surface area contributed by atoms with E-state index in [1.807, 2.05) is 18.6 Å². The Kier molecular flexibility index (Phi) is 2.84. The van der Waals surface area contributed by atoms with Gasteiger partial charge in [-0.3, -0.25) is 9.78 Å². The molecule has 5 nitrogen and oxygen atoms in total. The Morgan fingerprint density at radius 3 is 3.05 bits per heavy atom. The molecule has 0 aromatic carbocycles. The van der Waals surface area contributed by atoms with Gasteiger partial charge in [0.15, 0.2) is 0 Å². The number of hydrogen-bond donors (Lipinski definition) is 1. The first-order valence-corrected chi connectivity index (χ1v) is 7.90. The second-order valence-electron chi connectivity index (χ2n) is 5.47. The van der Waals surface area contributed by atoms with E-state index < -0.39 is 0 Å². The van der Waals surface area contributed by atoms with Crippen molar-refractivity contribution in [2.45, 2.75) is 31.2 Å². The van der Waals surface area contributed by atoms with Crippen LogP contribution >= 0.6 is 11.8 Å². The van der Waals surface area contributed by atoms with Crippen LogP contribution in [0.1, 0.15) is 36.7 Å². The fourth-order valence-electron chi connectivity index (χ4n) is 2.65. The average Bonchev–Trinajstić information content (AvgIpc) is 2.93. The number of hydrogen-bond acceptors (Lipinski definition) is 4. The number of aromatic amines is 1. The van der Waals surface area contributed by atoms with Crippen LogP contribution < -0.4 is 4.90 Å². The van der Waals surface area contributed by atoms with Crippen molar-refractivity contribution >= 4 is 17.4 Å². The van der Waals surface area contributed by atoms with E-state index in [0.29, 0.717) is 6.04 Å². The molecule has 2 aromatic heterocycles. The Labute approximate surface area is 122 Å². The predicted octanol–water partition coefficient (Wildman–Crippen LogP) is 3.30. The fraction of sp³-hybridized carbons (Fsp3) is 0.429. The molecule has 2 unspecified atom stereocenters. The van der Waals surface area contributed by atoms with Gasteiger partial charge in [-0.25, -0.2) is 0 Å². The zero-order chi connectivity index (χ0) is 13.5. The lowest BCUT2D eigenvalue weighted by Crippen LogP contribution is -2.16. The van der Waals surface area contributed by atoms with Gasteiger partial charge in [-0.1, -0.05) is 0 Å². The van der Waals surface area contributed by atoms with E-state index in [2.05, 4.69) is 49.6 Å². The smallest absolute Gasteiger partial charge is 0.112 e. The maximum atomic E-state index is 4.55. The fourth-order valence-corrected chi connectivity index (χ4v) is 3.61. The van der Waals surface area contributed by atoms with Crippen LogP contribution in [0.5, 0.6) is 0 Å². The van der Waals surface area contributed by atoms with Crippen LogP contribution in [0.25, 0.3) is 0 Å². The van der Waals surface area contributed by atoms with Crippen molar-refractivity contribution in [3.63, 3.8) is 0 Å². The van der Waals surface area contributed by atoms with Crippen molar-refractivity contribution in [3.05, 3.63) is 42.0 Å². The Morgan fingerprint density at radius 2 is 2.30 bits per heavy atom. The summed E-state index contributed by atoms with van der Waals surface area (Å²) in [4.78, 5) is 2.25. The van der Waals surface area contributed by atoms with Crippen LogP contribution in [0, 0.1) is 5.92 Å². The molecule has 1 aliphatic carbocycles. The molecule has 2 aromatic rings. The lowest BCUT2D eigenvalue weighted by molar-refractivity contribution is 0.440. The Morgan fingerprint density at radius 1 is 1.40 bits per heavy atom. The van der Waals surface area contributed by atoms with E-state index >= 15 is 0 Å². The van der Waals surface area contributed by atoms with E-state index in [9.17, 15) is 0 Å². The number of rotatable bonds is 4. The van der Waals surface area contributed by atoms with E-state index in [-0.39, 0.29) is 5.37 Å². The summed E-state index contributed by atoms with van der Waals surface area (Å²) in [6.45, 7) is 2.26. The van der Waals surface area contributed by atoms with Crippen molar-refractivity contribution in [1.29, 1.82) is 0 Å². The summed E-state index contributed by atoms with van der Waals surface area (Å²) in [6.07, 6.45) is 12.8. The van der Waals surface area contributed by atoms with E-state index in [0.717, 1.165) is 11.6 Å². The molecule has 6 heteroatoms. The summed E-state index contributed by atoms with van der Waals surface area (Å²) in [6, 6.07) is 0.510. The molecule has 20 heavy (non-hydrogen) atoms. The van der Waals surface area contributed by atoms with Crippen LogP contribution in [0.3, 0.4) is 0 Å². The molecule has 1 fully saturated rings. The molecule has 0 bridgehead atoms. The topological polar surface area (TPSA) is 49.7 Å². The van der Waals surface area contributed by atoms with Gasteiger partial charge < -0.3 is 4.90 Å². The average molecular weight is 287 g/mol. The third-order valence-electron chi connectivity index (χ3n) is 4.09. The summed E-state index contributed by atoms with van der Waals surface area (Å²) in [5.41, 5.74) is 2.33. The Bertz CT molecular complexity index is 613. The zero-order valence-electron chi connectivity index (χ0n) is 11.3. The normalized spacial score (nSPS) is 23.4. The van der Waals surface area contributed by atoms with Crippen molar-refractivity contribution in [2.24, 2.45) is 5.92 Å². The first kappa shape index (κ1) is 12.1. The molecular weight excluding hydrogens is 270 g/mol. The van der Waals surface area contributed by atoms with Crippen LogP contribution in [-0.2, 0) is 0 Å². The molecule has 2 aliphatic rings. The van der Waals surface area contributed by atoms with Crippen LogP contribution in [0.2, 0.25) is 0 Å². The van der Waals surface area contributed by atoms with Gasteiger partial charge in [0.25, 0.3) is 0 Å². The van der Waals surface area contributed by atoms with Crippen molar-refractivity contribution in [1.82, 2.24) is 20.0 Å². The minimum Gasteiger partial charge on any atom is -0.328 e. The molecular formula is C14H17N5S. The molecule has 0 saturated heterocycles. The summed E-state index contributed by atoms with van der Waals surface area (Å²) in [7, 11) is 0. The molecule has 4 rings (SSSR count). The first-order valence-electron chi connectivity index (χ1n) is 6.96. The SMILES string of the molecule is CC(C1CC1)n1cc(N2C=CSC2c2cn[nH]c2)cn1. The second kappa shape index (κ2) is 4.70. The third kappa shape index (κ3) is 2.04. The first-order chi connectivity index (χ1) is 9.83. The van der Waals surface area contributed by atoms with Gasteiger partial charge in [0.2, 0.25) is 0 Å². The number of anilines is 1. The maximum absolute atomic E-state index is 4.55. The molecule has 1 N–H and O–H groups in total. The van der Waals surface area contributed by atoms with Gasteiger partial charge in [0.05, 0.1) is 24.1 Å². The molecule has 1 saturated carbocycles. The molecule has 0 radical (unpaired) electrons. The van der Waals surface area contributed by atoms with Crippen molar-refractivity contribution < 1.29 is 0 Å². The highest BCUT2D eigenvalue weighted by atomic mass is 32.2. The number of nitrogens with one attached hydrogen (secondary N) is 1. The van der Waals surface area contributed by atoms with Gasteiger partial charge >= 0.3 is 0 Å². The van der Waals surface area contributed by atoms with Crippen molar-refractivity contribution in [3.8, 4) is 0 Å². The highest BCUT2D eigenvalue weighted by molar-refractivity contribution is 8.02. The maximum Gasteiger partial charge on any atom is 0.112 e. The molecule has 0 amide bonds. The van der Waals surface area contributed by atoms with Crippen LogP contribution in [0.15, 0.2) is 36.4 Å². The van der Waals surface area contributed by atoms with Crippen LogP contribution in [-0.4, -0.2) is 20.0 Å². The highest BCUT2D eigenvalue weighted by Gasteiger charge is 2.31. The Balaban J connectivity index is 1.58. The summed E-state index contributed by atoms with van der Waals surface area (Å²) >= 11 is 1.79. The lowest BCUT2D eigenvalue weighted by Gasteiger charge is -2.22. The lowest BCUT2D eigenvalue weighted by atomic mass is 10.2. The molecule has 3 heterocycles. The van der Waals surface area contributed by atoms with Gasteiger partial charge in [0, 0.05) is 24.2 Å². The quantitative estimate of drug-likeness (QED) is 0.937. The highest BCUT2D eigenvalue weighted by Crippen LogP contribution is 2.43. The zero-order valence-corrected chi connectivity index (χ0v) is 12.1. The number of aromatic nitrogens is 4. The van der Waals surface area contributed by atoms with Crippen molar-refractivity contribution in [2.75, 3.05) is 4.90 Å². The summed E-state index contributed by atoms with van der Waals surface area (Å²) < 4.78 is 2.11. The van der Waals surface area contributed by atoms with Gasteiger partial charge in [-0.15, -0.1) is 11.8 Å². The summed E-state index contributed by atoms with van der Waals surface area (Å²) in [5.74, 6) is 0.816. The molecule has 104 valence electrons. The minimum absolute atomic E-state index is 0.252. The van der Waals surface area contributed by atoms with Gasteiger partial charge in [-0.05, 0) is 31.1 Å². The van der Waals surface area contributed by atoms with E-state index in [4.69, 9.17) is 0 Å². The van der Waals surface area contributed by atoms with Gasteiger partial charge in [0.1, 0.15) is 5.37 Å². The predicted molar refractivity (Wildman–Crippen MR) is 80.2 cm³/mol. The standard InChI is InChI=1S/C14H17N5S/c1-10(11-2-3-11)19-9-13(8-17-19)18-4-5-20-14(18)12-6-15-16-7-12/h4-11,14H,2-3H2,1H3,(H,15,16). The molecule has 1 aliphatic heterocycles. The van der Waals surface area contributed by atoms with E-state index in [1.165, 1.54) is 18.4 Å². The van der Waals surface area contributed by atoms with Gasteiger partial charge in [-0.2, -0.15) is 10.2 Å². The largest absolute Gasteiger partial charge is 0.328 e. The summed E-state index contributed by atoms with van der Waals surface area (Å²) in [5, 5.41) is 13.9. The second-order valence-corrected chi connectivity index (χ2v) is 6.46. The molecule has 0 spiro atoms.